The zero-order valence-corrected chi connectivity index (χ0v) is 13.9. The van der Waals surface area contributed by atoms with Crippen LogP contribution >= 0.6 is 0 Å². The van der Waals surface area contributed by atoms with Gasteiger partial charge in [-0.25, -0.2) is 8.42 Å². The third kappa shape index (κ3) is 2.82. The molecule has 1 amide bonds. The number of para-hydroxylation sites is 2. The van der Waals surface area contributed by atoms with Gasteiger partial charge in [-0.05, 0) is 37.6 Å². The molecule has 2 aromatic rings. The second kappa shape index (κ2) is 5.70. The Morgan fingerprint density at radius 1 is 1.09 bits per heavy atom. The molecule has 0 bridgehead atoms. The fourth-order valence-corrected chi connectivity index (χ4v) is 4.48. The van der Waals surface area contributed by atoms with Crippen molar-refractivity contribution < 1.29 is 13.2 Å². The number of nitrogens with one attached hydrogen (secondary N) is 1. The molecule has 23 heavy (non-hydrogen) atoms. The minimum Gasteiger partial charge on any atom is -0.324 e. The lowest BCUT2D eigenvalue weighted by Gasteiger charge is -2.24. The predicted molar refractivity (Wildman–Crippen MR) is 90.1 cm³/mol. The van der Waals surface area contributed by atoms with Crippen molar-refractivity contribution in [1.29, 1.82) is 0 Å². The van der Waals surface area contributed by atoms with Gasteiger partial charge in [0.25, 0.3) is 10.0 Å². The van der Waals surface area contributed by atoms with Gasteiger partial charge in [-0.2, -0.15) is 0 Å². The Bertz CT molecular complexity index is 875. The summed E-state index contributed by atoms with van der Waals surface area (Å²) < 4.78 is 27.6. The predicted octanol–water partition coefficient (Wildman–Crippen LogP) is 2.84. The van der Waals surface area contributed by atoms with Gasteiger partial charge in [-0.1, -0.05) is 29.8 Å². The van der Waals surface area contributed by atoms with Gasteiger partial charge >= 0.3 is 0 Å². The molecular formula is C17H18N2O3S. The average Bonchev–Trinajstić information content (AvgIpc) is 2.65. The first kappa shape index (κ1) is 15.6. The maximum atomic E-state index is 13.1. The van der Waals surface area contributed by atoms with Gasteiger partial charge in [0.1, 0.15) is 0 Å². The largest absolute Gasteiger partial charge is 0.324 e. The van der Waals surface area contributed by atoms with Crippen molar-refractivity contribution in [3.8, 4) is 0 Å². The van der Waals surface area contributed by atoms with Crippen LogP contribution in [0.2, 0.25) is 0 Å². The summed E-state index contributed by atoms with van der Waals surface area (Å²) >= 11 is 0. The summed E-state index contributed by atoms with van der Waals surface area (Å²) in [7, 11) is -3.73. The maximum absolute atomic E-state index is 13.1. The molecule has 5 nitrogen and oxygen atoms in total. The monoisotopic (exact) mass is 330 g/mol. The fourth-order valence-electron chi connectivity index (χ4n) is 2.79. The van der Waals surface area contributed by atoms with E-state index >= 15 is 0 Å². The summed E-state index contributed by atoms with van der Waals surface area (Å²) in [4.78, 5) is 12.1. The van der Waals surface area contributed by atoms with Crippen molar-refractivity contribution in [3.05, 3.63) is 53.6 Å². The van der Waals surface area contributed by atoms with E-state index in [2.05, 4.69) is 5.32 Å². The number of benzene rings is 2. The Morgan fingerprint density at radius 2 is 1.83 bits per heavy atom. The third-order valence-electron chi connectivity index (χ3n) is 3.89. The first-order valence-electron chi connectivity index (χ1n) is 7.38. The number of amides is 1. The molecule has 0 unspecified atom stereocenters. The van der Waals surface area contributed by atoms with E-state index in [0.717, 1.165) is 5.56 Å². The SMILES string of the molecule is Cc1ccc(S(=O)(=O)N2CCC(=O)Nc3ccccc32)c(C)c1. The number of nitrogens with zero attached hydrogens (tertiary/aromatic N) is 1. The quantitative estimate of drug-likeness (QED) is 0.921. The van der Waals surface area contributed by atoms with E-state index in [4.69, 9.17) is 0 Å². The number of sulfonamides is 1. The van der Waals surface area contributed by atoms with Crippen LogP contribution in [-0.4, -0.2) is 20.9 Å². The zero-order valence-electron chi connectivity index (χ0n) is 13.0. The van der Waals surface area contributed by atoms with E-state index in [1.54, 1.807) is 43.3 Å². The lowest BCUT2D eigenvalue weighted by atomic mass is 10.2. The normalized spacial score (nSPS) is 14.9. The molecular weight excluding hydrogens is 312 g/mol. The summed E-state index contributed by atoms with van der Waals surface area (Å²) in [6, 6.07) is 12.2. The van der Waals surface area contributed by atoms with Gasteiger partial charge in [0, 0.05) is 13.0 Å². The number of carbonyl (C=O) groups is 1. The van der Waals surface area contributed by atoms with Gasteiger partial charge in [-0.15, -0.1) is 0 Å². The number of rotatable bonds is 2. The van der Waals surface area contributed by atoms with Crippen molar-refractivity contribution in [1.82, 2.24) is 0 Å². The molecule has 0 aromatic heterocycles. The highest BCUT2D eigenvalue weighted by Gasteiger charge is 2.30. The summed E-state index contributed by atoms with van der Waals surface area (Å²) in [6.07, 6.45) is 0.124. The van der Waals surface area contributed by atoms with E-state index in [-0.39, 0.29) is 23.8 Å². The van der Waals surface area contributed by atoms with Crippen LogP contribution in [0.4, 0.5) is 11.4 Å². The van der Waals surface area contributed by atoms with E-state index in [0.29, 0.717) is 16.9 Å². The Balaban J connectivity index is 2.14. The van der Waals surface area contributed by atoms with Crippen LogP contribution in [0.5, 0.6) is 0 Å². The first-order valence-corrected chi connectivity index (χ1v) is 8.82. The van der Waals surface area contributed by atoms with Gasteiger partial charge in [0.05, 0.1) is 16.3 Å². The lowest BCUT2D eigenvalue weighted by molar-refractivity contribution is -0.115. The molecule has 0 radical (unpaired) electrons. The number of anilines is 2. The highest BCUT2D eigenvalue weighted by molar-refractivity contribution is 7.92. The van der Waals surface area contributed by atoms with Crippen molar-refractivity contribution in [3.63, 3.8) is 0 Å². The lowest BCUT2D eigenvalue weighted by Crippen LogP contribution is -2.32. The molecule has 2 aromatic carbocycles. The van der Waals surface area contributed by atoms with Crippen LogP contribution in [0.1, 0.15) is 17.5 Å². The molecule has 3 rings (SSSR count). The average molecular weight is 330 g/mol. The summed E-state index contributed by atoms with van der Waals surface area (Å²) in [5, 5.41) is 2.75. The summed E-state index contributed by atoms with van der Waals surface area (Å²) in [5.41, 5.74) is 2.72. The van der Waals surface area contributed by atoms with Crippen LogP contribution in [0.3, 0.4) is 0 Å². The molecule has 0 saturated carbocycles. The fraction of sp³-hybridized carbons (Fsp3) is 0.235. The molecule has 0 atom stereocenters. The van der Waals surface area contributed by atoms with Crippen LogP contribution in [0, 0.1) is 13.8 Å². The van der Waals surface area contributed by atoms with Crippen LogP contribution < -0.4 is 9.62 Å². The molecule has 1 N–H and O–H groups in total. The van der Waals surface area contributed by atoms with E-state index in [1.807, 2.05) is 13.0 Å². The van der Waals surface area contributed by atoms with E-state index in [1.165, 1.54) is 4.31 Å². The molecule has 0 spiro atoms. The minimum absolute atomic E-state index is 0.124. The standard InChI is InChI=1S/C17H18N2O3S/c1-12-7-8-16(13(2)11-12)23(21,22)19-10-9-17(20)18-14-5-3-4-6-15(14)19/h3-8,11H,9-10H2,1-2H3,(H,18,20). The van der Waals surface area contributed by atoms with E-state index < -0.39 is 10.0 Å². The first-order chi connectivity index (χ1) is 10.9. The summed E-state index contributed by atoms with van der Waals surface area (Å²) in [5.74, 6) is -0.184. The van der Waals surface area contributed by atoms with Crippen LogP contribution in [-0.2, 0) is 14.8 Å². The molecule has 0 saturated heterocycles. The highest BCUT2D eigenvalue weighted by atomic mass is 32.2. The topological polar surface area (TPSA) is 66.5 Å². The number of hydrogen-bond donors (Lipinski definition) is 1. The van der Waals surface area contributed by atoms with E-state index in [9.17, 15) is 13.2 Å². The third-order valence-corrected chi connectivity index (χ3v) is 5.86. The Labute approximate surface area is 136 Å². The number of fused-ring (bicyclic) bond motifs is 1. The molecule has 1 heterocycles. The maximum Gasteiger partial charge on any atom is 0.264 e. The Hall–Kier alpha value is -2.34. The molecule has 0 fully saturated rings. The molecule has 120 valence electrons. The van der Waals surface area contributed by atoms with Crippen LogP contribution in [0.15, 0.2) is 47.4 Å². The molecule has 6 heteroatoms. The Kier molecular flexibility index (Phi) is 3.85. The van der Waals surface area contributed by atoms with Crippen LogP contribution in [0.25, 0.3) is 0 Å². The van der Waals surface area contributed by atoms with Gasteiger partial charge in [0.2, 0.25) is 5.91 Å². The van der Waals surface area contributed by atoms with Crippen molar-refractivity contribution in [2.45, 2.75) is 25.2 Å². The summed E-state index contributed by atoms with van der Waals surface area (Å²) in [6.45, 7) is 3.83. The number of carbonyl (C=O) groups excluding carboxylic acids is 1. The highest BCUT2D eigenvalue weighted by Crippen LogP contribution is 2.33. The van der Waals surface area contributed by atoms with Crippen molar-refractivity contribution in [2.24, 2.45) is 0 Å². The van der Waals surface area contributed by atoms with Gasteiger partial charge < -0.3 is 5.32 Å². The van der Waals surface area contributed by atoms with Crippen molar-refractivity contribution in [2.75, 3.05) is 16.2 Å². The Morgan fingerprint density at radius 3 is 2.57 bits per heavy atom. The van der Waals surface area contributed by atoms with Gasteiger partial charge in [0.15, 0.2) is 0 Å². The number of hydrogen-bond acceptors (Lipinski definition) is 3. The molecule has 1 aliphatic rings. The minimum atomic E-state index is -3.73. The second-order valence-corrected chi connectivity index (χ2v) is 7.49. The second-order valence-electron chi connectivity index (χ2n) is 5.66. The van der Waals surface area contributed by atoms with Crippen molar-refractivity contribution >= 4 is 27.3 Å². The smallest absolute Gasteiger partial charge is 0.264 e. The zero-order chi connectivity index (χ0) is 16.6. The molecule has 0 aliphatic carbocycles. The molecule has 1 aliphatic heterocycles. The van der Waals surface area contributed by atoms with Gasteiger partial charge in [-0.3, -0.25) is 9.10 Å². The number of aryl methyl sites for hydroxylation is 2.